The molecule has 0 fully saturated rings. The maximum absolute atomic E-state index is 12.5. The van der Waals surface area contributed by atoms with Gasteiger partial charge in [0.15, 0.2) is 0 Å². The van der Waals surface area contributed by atoms with E-state index in [1.165, 1.54) is 12.4 Å². The van der Waals surface area contributed by atoms with Crippen LogP contribution < -0.4 is 11.1 Å². The van der Waals surface area contributed by atoms with E-state index in [0.717, 1.165) is 4.57 Å². The third-order valence-electron chi connectivity index (χ3n) is 2.30. The Morgan fingerprint density at radius 3 is 2.82 bits per heavy atom. The molecule has 1 heterocycles. The van der Waals surface area contributed by atoms with Gasteiger partial charge in [-0.15, -0.1) is 0 Å². The highest BCUT2D eigenvalue weighted by molar-refractivity contribution is 5.74. The Morgan fingerprint density at radius 1 is 1.65 bits per heavy atom. The van der Waals surface area contributed by atoms with Crippen molar-refractivity contribution in [3.63, 3.8) is 0 Å². The van der Waals surface area contributed by atoms with Crippen LogP contribution in [0.4, 0.5) is 8.78 Å². The molecule has 7 heteroatoms. The third kappa shape index (κ3) is 4.10. The molecule has 0 spiro atoms. The second-order valence-electron chi connectivity index (χ2n) is 4.41. The van der Waals surface area contributed by atoms with Crippen molar-refractivity contribution in [1.82, 2.24) is 14.9 Å². The number of carbonyl (C=O) groups is 1. The Balaban J connectivity index is 2.61. The minimum atomic E-state index is -2.62. The molecule has 0 aliphatic rings. The Morgan fingerprint density at radius 2 is 2.29 bits per heavy atom. The Bertz CT molecular complexity index is 389. The first-order chi connectivity index (χ1) is 7.82. The van der Waals surface area contributed by atoms with E-state index in [-0.39, 0.29) is 18.8 Å². The van der Waals surface area contributed by atoms with E-state index < -0.39 is 18.0 Å². The molecule has 1 aromatic rings. The summed E-state index contributed by atoms with van der Waals surface area (Å²) in [6.07, 6.45) is 2.65. The molecule has 0 aliphatic carbocycles. The van der Waals surface area contributed by atoms with Crippen LogP contribution in [-0.2, 0) is 11.3 Å². The average molecular weight is 246 g/mol. The van der Waals surface area contributed by atoms with E-state index in [1.807, 2.05) is 0 Å². The fourth-order valence-corrected chi connectivity index (χ4v) is 1.47. The molecule has 5 nitrogen and oxygen atoms in total. The summed E-state index contributed by atoms with van der Waals surface area (Å²) in [5.74, 6) is -0.225. The van der Waals surface area contributed by atoms with Gasteiger partial charge in [-0.25, -0.2) is 4.98 Å². The second kappa shape index (κ2) is 5.22. The van der Waals surface area contributed by atoms with Crippen molar-refractivity contribution in [1.29, 1.82) is 0 Å². The number of imidazole rings is 1. The monoisotopic (exact) mass is 246 g/mol. The fraction of sp³-hybridized carbons (Fsp3) is 0.600. The minimum Gasteiger partial charge on any atom is -0.370 e. The molecule has 0 aromatic carbocycles. The number of amides is 1. The van der Waals surface area contributed by atoms with Gasteiger partial charge in [0, 0.05) is 24.4 Å². The van der Waals surface area contributed by atoms with Crippen molar-refractivity contribution in [3.8, 4) is 0 Å². The predicted octanol–water partition coefficient (Wildman–Crippen LogP) is 1.02. The summed E-state index contributed by atoms with van der Waals surface area (Å²) in [7, 11) is 0. The molecule has 0 saturated heterocycles. The van der Waals surface area contributed by atoms with Crippen LogP contribution in [0.15, 0.2) is 12.4 Å². The highest BCUT2D eigenvalue weighted by Gasteiger charge is 2.21. The van der Waals surface area contributed by atoms with Crippen LogP contribution in [0.1, 0.15) is 32.6 Å². The molecule has 0 radical (unpaired) electrons. The summed E-state index contributed by atoms with van der Waals surface area (Å²) in [5, 5.41) is 2.97. The van der Waals surface area contributed by atoms with Gasteiger partial charge in [-0.1, -0.05) is 0 Å². The number of nitrogens with two attached hydrogens (primary N) is 1. The van der Waals surface area contributed by atoms with E-state index in [0.29, 0.717) is 0 Å². The van der Waals surface area contributed by atoms with Crippen molar-refractivity contribution in [2.45, 2.75) is 38.9 Å². The van der Waals surface area contributed by atoms with Gasteiger partial charge in [0.25, 0.3) is 0 Å². The molecule has 0 bridgehead atoms. The standard InChI is InChI=1S/C10H16F2N4O/c1-10(2,5-7(13)17)15-6-8-14-3-4-16(8)9(11)12/h3-4,9,15H,5-6H2,1-2H3,(H2,13,17). The zero-order chi connectivity index (χ0) is 13.1. The third-order valence-corrected chi connectivity index (χ3v) is 2.30. The Labute approximate surface area is 98.0 Å². The number of rotatable bonds is 6. The largest absolute Gasteiger partial charge is 0.370 e. The number of alkyl halides is 2. The SMILES string of the molecule is CC(C)(CC(N)=O)NCc1nccn1C(F)F. The Kier molecular flexibility index (Phi) is 4.17. The lowest BCUT2D eigenvalue weighted by atomic mass is 10.0. The molecule has 0 saturated carbocycles. The summed E-state index contributed by atoms with van der Waals surface area (Å²) in [6.45, 7) is 1.08. The molecule has 17 heavy (non-hydrogen) atoms. The quantitative estimate of drug-likeness (QED) is 0.787. The van der Waals surface area contributed by atoms with E-state index in [1.54, 1.807) is 13.8 Å². The van der Waals surface area contributed by atoms with Gasteiger partial charge in [-0.05, 0) is 13.8 Å². The molecule has 0 aliphatic heterocycles. The first-order valence-electron chi connectivity index (χ1n) is 5.15. The molecular formula is C10H16F2N4O. The zero-order valence-corrected chi connectivity index (χ0v) is 9.78. The van der Waals surface area contributed by atoms with Gasteiger partial charge in [-0.3, -0.25) is 9.36 Å². The van der Waals surface area contributed by atoms with Crippen LogP contribution in [-0.4, -0.2) is 21.0 Å². The smallest absolute Gasteiger partial charge is 0.319 e. The van der Waals surface area contributed by atoms with Crippen LogP contribution >= 0.6 is 0 Å². The highest BCUT2D eigenvalue weighted by Crippen LogP contribution is 2.14. The van der Waals surface area contributed by atoms with Crippen molar-refractivity contribution in [2.75, 3.05) is 0 Å². The van der Waals surface area contributed by atoms with Gasteiger partial charge in [-0.2, -0.15) is 8.78 Å². The average Bonchev–Trinajstić information content (AvgIpc) is 2.60. The predicted molar refractivity (Wildman–Crippen MR) is 58.2 cm³/mol. The van der Waals surface area contributed by atoms with Crippen LogP contribution in [0, 0.1) is 0 Å². The van der Waals surface area contributed by atoms with Crippen molar-refractivity contribution >= 4 is 5.91 Å². The van der Waals surface area contributed by atoms with Crippen molar-refractivity contribution in [3.05, 3.63) is 18.2 Å². The van der Waals surface area contributed by atoms with Gasteiger partial charge < -0.3 is 11.1 Å². The number of primary amides is 1. The second-order valence-corrected chi connectivity index (χ2v) is 4.41. The lowest BCUT2D eigenvalue weighted by molar-refractivity contribution is -0.119. The summed E-state index contributed by atoms with van der Waals surface area (Å²) < 4.78 is 25.8. The van der Waals surface area contributed by atoms with Gasteiger partial charge >= 0.3 is 6.55 Å². The van der Waals surface area contributed by atoms with E-state index in [9.17, 15) is 13.6 Å². The summed E-state index contributed by atoms with van der Waals surface area (Å²) in [6, 6.07) is 0. The number of nitrogens with one attached hydrogen (secondary N) is 1. The molecular weight excluding hydrogens is 230 g/mol. The molecule has 1 amide bonds. The lowest BCUT2D eigenvalue weighted by Gasteiger charge is -2.24. The number of hydrogen-bond donors (Lipinski definition) is 2. The molecule has 1 rings (SSSR count). The molecule has 0 unspecified atom stereocenters. The van der Waals surface area contributed by atoms with Crippen LogP contribution in [0.25, 0.3) is 0 Å². The number of nitrogens with zero attached hydrogens (tertiary/aromatic N) is 2. The van der Waals surface area contributed by atoms with E-state index in [4.69, 9.17) is 5.73 Å². The number of halogens is 2. The maximum Gasteiger partial charge on any atom is 0.319 e. The first-order valence-corrected chi connectivity index (χ1v) is 5.15. The highest BCUT2D eigenvalue weighted by atomic mass is 19.3. The maximum atomic E-state index is 12.5. The number of hydrogen-bond acceptors (Lipinski definition) is 3. The fourth-order valence-electron chi connectivity index (χ4n) is 1.47. The summed E-state index contributed by atoms with van der Waals surface area (Å²) in [5.41, 5.74) is 4.54. The van der Waals surface area contributed by atoms with Gasteiger partial charge in [0.1, 0.15) is 5.82 Å². The molecule has 1 aromatic heterocycles. The van der Waals surface area contributed by atoms with Crippen LogP contribution in [0.2, 0.25) is 0 Å². The van der Waals surface area contributed by atoms with Gasteiger partial charge in [0.05, 0.1) is 6.54 Å². The van der Waals surface area contributed by atoms with Crippen LogP contribution in [0.3, 0.4) is 0 Å². The first kappa shape index (κ1) is 13.6. The Hall–Kier alpha value is -1.50. The zero-order valence-electron chi connectivity index (χ0n) is 9.78. The number of carbonyl (C=O) groups excluding carboxylic acids is 1. The van der Waals surface area contributed by atoms with E-state index in [2.05, 4.69) is 10.3 Å². The van der Waals surface area contributed by atoms with Crippen molar-refractivity contribution < 1.29 is 13.6 Å². The molecule has 3 N–H and O–H groups in total. The summed E-state index contributed by atoms with van der Waals surface area (Å²) in [4.78, 5) is 14.6. The molecule has 0 atom stereocenters. The van der Waals surface area contributed by atoms with Crippen molar-refractivity contribution in [2.24, 2.45) is 5.73 Å². The van der Waals surface area contributed by atoms with E-state index >= 15 is 0 Å². The van der Waals surface area contributed by atoms with Crippen LogP contribution in [0.5, 0.6) is 0 Å². The lowest BCUT2D eigenvalue weighted by Crippen LogP contribution is -2.42. The number of aromatic nitrogens is 2. The van der Waals surface area contributed by atoms with Gasteiger partial charge in [0.2, 0.25) is 5.91 Å². The topological polar surface area (TPSA) is 72.9 Å². The minimum absolute atomic E-state index is 0.127. The molecule has 96 valence electrons. The summed E-state index contributed by atoms with van der Waals surface area (Å²) >= 11 is 0. The normalized spacial score (nSPS) is 12.1.